The summed E-state index contributed by atoms with van der Waals surface area (Å²) in [6.07, 6.45) is 3.31. The van der Waals surface area contributed by atoms with E-state index in [1.807, 2.05) is 13.0 Å². The second-order valence-electron chi connectivity index (χ2n) is 5.56. The smallest absolute Gasteiger partial charge is 0.255 e. The van der Waals surface area contributed by atoms with Crippen molar-refractivity contribution in [1.82, 2.24) is 20.1 Å². The fourth-order valence-corrected chi connectivity index (χ4v) is 2.55. The third-order valence-electron chi connectivity index (χ3n) is 3.91. The van der Waals surface area contributed by atoms with Gasteiger partial charge in [0.1, 0.15) is 0 Å². The van der Waals surface area contributed by atoms with Crippen LogP contribution in [0.25, 0.3) is 0 Å². The van der Waals surface area contributed by atoms with E-state index in [0.29, 0.717) is 18.2 Å². The van der Waals surface area contributed by atoms with Gasteiger partial charge in [-0.15, -0.1) is 0 Å². The zero-order valence-corrected chi connectivity index (χ0v) is 13.1. The molecule has 2 N–H and O–H groups in total. The van der Waals surface area contributed by atoms with E-state index in [4.69, 9.17) is 0 Å². The summed E-state index contributed by atoms with van der Waals surface area (Å²) in [4.78, 5) is 21.0. The topological polar surface area (TPSA) is 60.5 Å². The van der Waals surface area contributed by atoms with E-state index in [1.165, 1.54) is 0 Å². The van der Waals surface area contributed by atoms with Crippen molar-refractivity contribution in [3.05, 3.63) is 24.0 Å². The summed E-state index contributed by atoms with van der Waals surface area (Å²) < 4.78 is 0. The van der Waals surface area contributed by atoms with Gasteiger partial charge in [0.2, 0.25) is 0 Å². The van der Waals surface area contributed by atoms with Gasteiger partial charge in [-0.1, -0.05) is 0 Å². The predicted molar refractivity (Wildman–Crippen MR) is 84.6 cm³/mol. The molecule has 0 spiro atoms. The standard InChI is InChI=1S/C15H25N5O/c1-4-17-14-5-6-16-10-13(14)15(21)18-9-12-11-19(2)7-8-20(12)3/h5-6,10,12H,4,7-9,11H2,1-3H3,(H,16,17)(H,18,21). The summed E-state index contributed by atoms with van der Waals surface area (Å²) in [5, 5.41) is 6.22. The number of amides is 1. The molecule has 1 aromatic rings. The summed E-state index contributed by atoms with van der Waals surface area (Å²) in [5.41, 5.74) is 1.44. The molecule has 6 heteroatoms. The highest BCUT2D eigenvalue weighted by atomic mass is 16.1. The summed E-state index contributed by atoms with van der Waals surface area (Å²) in [6.45, 7) is 6.53. The van der Waals surface area contributed by atoms with Crippen molar-refractivity contribution in [1.29, 1.82) is 0 Å². The van der Waals surface area contributed by atoms with Crippen molar-refractivity contribution in [3.8, 4) is 0 Å². The highest BCUT2D eigenvalue weighted by molar-refractivity contribution is 5.99. The minimum atomic E-state index is -0.0688. The van der Waals surface area contributed by atoms with Crippen LogP contribution in [0.4, 0.5) is 5.69 Å². The Labute approximate surface area is 126 Å². The third kappa shape index (κ3) is 4.15. The summed E-state index contributed by atoms with van der Waals surface area (Å²) >= 11 is 0. The largest absolute Gasteiger partial charge is 0.385 e. The molecule has 1 fully saturated rings. The highest BCUT2D eigenvalue weighted by Crippen LogP contribution is 2.13. The Kier molecular flexibility index (Phi) is 5.52. The molecule has 0 radical (unpaired) electrons. The van der Waals surface area contributed by atoms with Crippen LogP contribution in [0.15, 0.2) is 18.5 Å². The second kappa shape index (κ2) is 7.38. The van der Waals surface area contributed by atoms with Crippen LogP contribution < -0.4 is 10.6 Å². The molecule has 2 heterocycles. The molecule has 1 saturated heterocycles. The number of hydrogen-bond donors (Lipinski definition) is 2. The van der Waals surface area contributed by atoms with Crippen LogP contribution in [0.1, 0.15) is 17.3 Å². The van der Waals surface area contributed by atoms with Gasteiger partial charge in [-0.05, 0) is 27.1 Å². The number of aromatic nitrogens is 1. The number of pyridine rings is 1. The van der Waals surface area contributed by atoms with Gasteiger partial charge in [0, 0.05) is 51.2 Å². The lowest BCUT2D eigenvalue weighted by Gasteiger charge is -2.37. The number of anilines is 1. The maximum atomic E-state index is 12.3. The molecule has 1 unspecified atom stereocenters. The third-order valence-corrected chi connectivity index (χ3v) is 3.91. The first-order chi connectivity index (χ1) is 10.1. The maximum absolute atomic E-state index is 12.3. The second-order valence-corrected chi connectivity index (χ2v) is 5.56. The molecule has 0 bridgehead atoms. The number of carbonyl (C=O) groups is 1. The lowest BCUT2D eigenvalue weighted by atomic mass is 10.1. The fraction of sp³-hybridized carbons (Fsp3) is 0.600. The van der Waals surface area contributed by atoms with E-state index < -0.39 is 0 Å². The average Bonchev–Trinajstić information content (AvgIpc) is 2.49. The van der Waals surface area contributed by atoms with Gasteiger partial charge in [-0.25, -0.2) is 0 Å². The van der Waals surface area contributed by atoms with Gasteiger partial charge in [-0.3, -0.25) is 14.7 Å². The first-order valence-electron chi connectivity index (χ1n) is 7.46. The molecule has 1 amide bonds. The molecule has 0 aromatic carbocycles. The Bertz CT molecular complexity index is 479. The van der Waals surface area contributed by atoms with Crippen molar-refractivity contribution in [3.63, 3.8) is 0 Å². The molecule has 1 aromatic heterocycles. The van der Waals surface area contributed by atoms with Gasteiger partial charge in [0.15, 0.2) is 0 Å². The average molecular weight is 291 g/mol. The van der Waals surface area contributed by atoms with Crippen LogP contribution in [0.2, 0.25) is 0 Å². The highest BCUT2D eigenvalue weighted by Gasteiger charge is 2.23. The summed E-state index contributed by atoms with van der Waals surface area (Å²) in [6, 6.07) is 2.19. The van der Waals surface area contributed by atoms with Crippen LogP contribution in [0.3, 0.4) is 0 Å². The van der Waals surface area contributed by atoms with Crippen molar-refractivity contribution in [2.45, 2.75) is 13.0 Å². The summed E-state index contributed by atoms with van der Waals surface area (Å²) in [7, 11) is 4.23. The first-order valence-corrected chi connectivity index (χ1v) is 7.46. The molecular formula is C15H25N5O. The van der Waals surface area contributed by atoms with E-state index in [9.17, 15) is 4.79 Å². The number of carbonyl (C=O) groups excluding carboxylic acids is 1. The van der Waals surface area contributed by atoms with E-state index in [-0.39, 0.29) is 5.91 Å². The quantitative estimate of drug-likeness (QED) is 0.827. The Hall–Kier alpha value is -1.66. The molecule has 6 nitrogen and oxygen atoms in total. The molecule has 2 rings (SSSR count). The van der Waals surface area contributed by atoms with Crippen LogP contribution >= 0.6 is 0 Å². The SMILES string of the molecule is CCNc1ccncc1C(=O)NCC1CN(C)CCN1C. The van der Waals surface area contributed by atoms with Gasteiger partial charge in [-0.2, -0.15) is 0 Å². The van der Waals surface area contributed by atoms with Crippen molar-refractivity contribution in [2.24, 2.45) is 0 Å². The molecule has 1 atom stereocenters. The number of hydrogen-bond acceptors (Lipinski definition) is 5. The lowest BCUT2D eigenvalue weighted by molar-refractivity contribution is 0.0881. The molecule has 116 valence electrons. The minimum absolute atomic E-state index is 0.0688. The number of piperazine rings is 1. The molecule has 21 heavy (non-hydrogen) atoms. The van der Waals surface area contributed by atoms with Crippen molar-refractivity contribution < 1.29 is 4.79 Å². The molecule has 0 aliphatic carbocycles. The van der Waals surface area contributed by atoms with E-state index in [1.54, 1.807) is 12.4 Å². The van der Waals surface area contributed by atoms with Crippen LogP contribution in [0.5, 0.6) is 0 Å². The van der Waals surface area contributed by atoms with Gasteiger partial charge >= 0.3 is 0 Å². The first kappa shape index (κ1) is 15.7. The zero-order chi connectivity index (χ0) is 15.2. The zero-order valence-electron chi connectivity index (χ0n) is 13.1. The number of likely N-dealkylation sites (N-methyl/N-ethyl adjacent to an activating group) is 2. The monoisotopic (exact) mass is 291 g/mol. The fourth-order valence-electron chi connectivity index (χ4n) is 2.55. The van der Waals surface area contributed by atoms with Crippen LogP contribution in [-0.2, 0) is 0 Å². The van der Waals surface area contributed by atoms with E-state index in [2.05, 4.69) is 39.5 Å². The minimum Gasteiger partial charge on any atom is -0.385 e. The van der Waals surface area contributed by atoms with Gasteiger partial charge < -0.3 is 15.5 Å². The Morgan fingerprint density at radius 3 is 3.00 bits per heavy atom. The van der Waals surface area contributed by atoms with Crippen LogP contribution in [0, 0.1) is 0 Å². The maximum Gasteiger partial charge on any atom is 0.255 e. The van der Waals surface area contributed by atoms with Crippen LogP contribution in [-0.4, -0.2) is 73.6 Å². The molecule has 1 aliphatic heterocycles. The summed E-state index contributed by atoms with van der Waals surface area (Å²) in [5.74, 6) is -0.0688. The normalized spacial score (nSPS) is 20.2. The molecule has 0 saturated carbocycles. The Morgan fingerprint density at radius 1 is 1.43 bits per heavy atom. The number of rotatable bonds is 5. The Morgan fingerprint density at radius 2 is 2.24 bits per heavy atom. The van der Waals surface area contributed by atoms with E-state index in [0.717, 1.165) is 31.9 Å². The van der Waals surface area contributed by atoms with Gasteiger partial charge in [0.25, 0.3) is 5.91 Å². The lowest BCUT2D eigenvalue weighted by Crippen LogP contribution is -2.54. The van der Waals surface area contributed by atoms with Gasteiger partial charge in [0.05, 0.1) is 11.3 Å². The van der Waals surface area contributed by atoms with Crippen molar-refractivity contribution >= 4 is 11.6 Å². The van der Waals surface area contributed by atoms with E-state index >= 15 is 0 Å². The Balaban J connectivity index is 1.95. The molecular weight excluding hydrogens is 266 g/mol. The number of nitrogens with one attached hydrogen (secondary N) is 2. The number of nitrogens with zero attached hydrogens (tertiary/aromatic N) is 3. The predicted octanol–water partition coefficient (Wildman–Crippen LogP) is 0.489. The molecule has 1 aliphatic rings. The van der Waals surface area contributed by atoms with Crippen molar-refractivity contribution in [2.75, 3.05) is 52.1 Å².